The lowest BCUT2D eigenvalue weighted by Crippen LogP contribution is -2.27. The monoisotopic (exact) mass is 372 g/mol. The molecule has 4 rings (SSSR count). The molecule has 7 nitrogen and oxygen atoms in total. The number of aryl methyl sites for hydroxylation is 1. The molecule has 1 N–H and O–H groups in total. The van der Waals surface area contributed by atoms with Gasteiger partial charge in [0.15, 0.2) is 5.82 Å². The number of fused-ring (bicyclic) bond motifs is 1. The SMILES string of the molecule is Cc1cc(NC(=O)Cn2cnc3scc(-c4cccs4)c3c2=O)no1. The van der Waals surface area contributed by atoms with Crippen LogP contribution in [0.2, 0.25) is 0 Å². The number of thiophene rings is 2. The molecule has 25 heavy (non-hydrogen) atoms. The van der Waals surface area contributed by atoms with E-state index >= 15 is 0 Å². The van der Waals surface area contributed by atoms with E-state index in [2.05, 4.69) is 15.5 Å². The molecule has 0 aliphatic carbocycles. The average Bonchev–Trinajstić information content (AvgIpc) is 3.30. The summed E-state index contributed by atoms with van der Waals surface area (Å²) in [4.78, 5) is 31.0. The summed E-state index contributed by atoms with van der Waals surface area (Å²) >= 11 is 2.98. The molecule has 4 aromatic heterocycles. The first-order valence-corrected chi connectivity index (χ1v) is 9.11. The molecule has 1 amide bonds. The van der Waals surface area contributed by atoms with Crippen LogP contribution in [0.3, 0.4) is 0 Å². The van der Waals surface area contributed by atoms with Gasteiger partial charge in [-0.1, -0.05) is 11.2 Å². The Labute approximate surface area is 149 Å². The third kappa shape index (κ3) is 2.99. The van der Waals surface area contributed by atoms with Crippen molar-refractivity contribution in [1.29, 1.82) is 0 Å². The van der Waals surface area contributed by atoms with Gasteiger partial charge in [0.05, 0.1) is 11.7 Å². The van der Waals surface area contributed by atoms with E-state index in [1.165, 1.54) is 22.2 Å². The number of amides is 1. The summed E-state index contributed by atoms with van der Waals surface area (Å²) in [6.45, 7) is 1.58. The maximum Gasteiger partial charge on any atom is 0.263 e. The lowest BCUT2D eigenvalue weighted by Gasteiger charge is -2.05. The molecule has 0 radical (unpaired) electrons. The fourth-order valence-electron chi connectivity index (χ4n) is 2.46. The van der Waals surface area contributed by atoms with E-state index in [1.807, 2.05) is 22.9 Å². The summed E-state index contributed by atoms with van der Waals surface area (Å²) in [5.41, 5.74) is 0.621. The normalized spacial score (nSPS) is 11.1. The number of aromatic nitrogens is 3. The van der Waals surface area contributed by atoms with Crippen molar-refractivity contribution in [3.63, 3.8) is 0 Å². The maximum absolute atomic E-state index is 12.8. The van der Waals surface area contributed by atoms with Crippen molar-refractivity contribution in [1.82, 2.24) is 14.7 Å². The van der Waals surface area contributed by atoms with Crippen LogP contribution in [-0.4, -0.2) is 20.6 Å². The highest BCUT2D eigenvalue weighted by Crippen LogP contribution is 2.33. The van der Waals surface area contributed by atoms with E-state index in [0.29, 0.717) is 21.8 Å². The number of anilines is 1. The van der Waals surface area contributed by atoms with E-state index in [1.54, 1.807) is 24.3 Å². The second kappa shape index (κ2) is 6.26. The van der Waals surface area contributed by atoms with Crippen LogP contribution in [-0.2, 0) is 11.3 Å². The standard InChI is InChI=1S/C16H12N4O3S2/c1-9-5-12(19-23-9)18-13(21)6-20-8-17-15-14(16(20)22)10(7-25-15)11-3-2-4-24-11/h2-5,7-8H,6H2,1H3,(H,18,19,21). The summed E-state index contributed by atoms with van der Waals surface area (Å²) < 4.78 is 6.20. The molecule has 0 atom stereocenters. The molecule has 0 saturated heterocycles. The lowest BCUT2D eigenvalue weighted by atomic mass is 10.2. The Balaban J connectivity index is 1.66. The van der Waals surface area contributed by atoms with Crippen molar-refractivity contribution in [3.05, 3.63) is 51.4 Å². The van der Waals surface area contributed by atoms with Crippen LogP contribution in [0.5, 0.6) is 0 Å². The van der Waals surface area contributed by atoms with Gasteiger partial charge in [0.25, 0.3) is 5.56 Å². The number of nitrogens with one attached hydrogen (secondary N) is 1. The van der Waals surface area contributed by atoms with Crippen molar-refractivity contribution in [2.24, 2.45) is 0 Å². The Morgan fingerprint density at radius 3 is 3.00 bits per heavy atom. The fraction of sp³-hybridized carbons (Fsp3) is 0.125. The molecule has 0 aliphatic heterocycles. The average molecular weight is 372 g/mol. The maximum atomic E-state index is 12.8. The Kier molecular flexibility index (Phi) is 3.94. The van der Waals surface area contributed by atoms with Crippen LogP contribution in [0, 0.1) is 6.92 Å². The highest BCUT2D eigenvalue weighted by molar-refractivity contribution is 7.18. The second-order valence-corrected chi connectivity index (χ2v) is 7.16. The Morgan fingerprint density at radius 2 is 2.28 bits per heavy atom. The molecule has 0 saturated carbocycles. The quantitative estimate of drug-likeness (QED) is 0.594. The van der Waals surface area contributed by atoms with Gasteiger partial charge in [-0.2, -0.15) is 0 Å². The zero-order chi connectivity index (χ0) is 17.4. The molecule has 126 valence electrons. The van der Waals surface area contributed by atoms with Gasteiger partial charge in [0.2, 0.25) is 5.91 Å². The summed E-state index contributed by atoms with van der Waals surface area (Å²) in [7, 11) is 0. The zero-order valence-corrected chi connectivity index (χ0v) is 14.7. The molecule has 4 heterocycles. The summed E-state index contributed by atoms with van der Waals surface area (Å²) in [6, 6.07) is 5.50. The molecule has 9 heteroatoms. The third-order valence-electron chi connectivity index (χ3n) is 3.56. The van der Waals surface area contributed by atoms with Crippen LogP contribution in [0.1, 0.15) is 5.76 Å². The van der Waals surface area contributed by atoms with Gasteiger partial charge in [0.1, 0.15) is 17.1 Å². The molecule has 0 spiro atoms. The van der Waals surface area contributed by atoms with Crippen LogP contribution in [0.4, 0.5) is 5.82 Å². The predicted molar refractivity (Wildman–Crippen MR) is 97.1 cm³/mol. The van der Waals surface area contributed by atoms with Gasteiger partial charge in [-0.25, -0.2) is 4.98 Å². The minimum atomic E-state index is -0.371. The van der Waals surface area contributed by atoms with Crippen LogP contribution >= 0.6 is 22.7 Å². The second-order valence-electron chi connectivity index (χ2n) is 5.36. The number of hydrogen-bond acceptors (Lipinski definition) is 7. The Hall–Kier alpha value is -2.78. The highest BCUT2D eigenvalue weighted by Gasteiger charge is 2.15. The minimum Gasteiger partial charge on any atom is -0.360 e. The summed E-state index contributed by atoms with van der Waals surface area (Å²) in [5.74, 6) is 0.540. The van der Waals surface area contributed by atoms with Gasteiger partial charge < -0.3 is 9.84 Å². The number of rotatable bonds is 4. The van der Waals surface area contributed by atoms with E-state index in [4.69, 9.17) is 4.52 Å². The molecule has 0 unspecified atom stereocenters. The van der Waals surface area contributed by atoms with Crippen molar-refractivity contribution in [2.75, 3.05) is 5.32 Å². The highest BCUT2D eigenvalue weighted by atomic mass is 32.1. The minimum absolute atomic E-state index is 0.145. The molecule has 0 fully saturated rings. The van der Waals surface area contributed by atoms with Gasteiger partial charge in [-0.3, -0.25) is 14.2 Å². The summed E-state index contributed by atoms with van der Waals surface area (Å²) in [5, 5.41) is 10.7. The van der Waals surface area contributed by atoms with Gasteiger partial charge in [-0.05, 0) is 18.4 Å². The van der Waals surface area contributed by atoms with Crippen molar-refractivity contribution < 1.29 is 9.32 Å². The molecule has 0 aromatic carbocycles. The van der Waals surface area contributed by atoms with Gasteiger partial charge in [-0.15, -0.1) is 22.7 Å². The fourth-order valence-corrected chi connectivity index (χ4v) is 4.18. The Bertz CT molecular complexity index is 1110. The molecule has 4 aromatic rings. The van der Waals surface area contributed by atoms with E-state index in [9.17, 15) is 9.59 Å². The first-order valence-electron chi connectivity index (χ1n) is 7.35. The van der Waals surface area contributed by atoms with Gasteiger partial charge in [0, 0.05) is 21.9 Å². The van der Waals surface area contributed by atoms with Crippen LogP contribution < -0.4 is 10.9 Å². The first-order chi connectivity index (χ1) is 12.1. The largest absolute Gasteiger partial charge is 0.360 e. The van der Waals surface area contributed by atoms with E-state index < -0.39 is 0 Å². The third-order valence-corrected chi connectivity index (χ3v) is 5.35. The molecule has 0 aliphatic rings. The smallest absolute Gasteiger partial charge is 0.263 e. The van der Waals surface area contributed by atoms with Crippen molar-refractivity contribution in [2.45, 2.75) is 13.5 Å². The number of nitrogens with zero attached hydrogens (tertiary/aromatic N) is 3. The van der Waals surface area contributed by atoms with Crippen molar-refractivity contribution >= 4 is 44.6 Å². The molecule has 0 bridgehead atoms. The number of carbonyl (C=O) groups is 1. The molecular formula is C16H12N4O3S2. The Morgan fingerprint density at radius 1 is 1.40 bits per heavy atom. The number of hydrogen-bond donors (Lipinski definition) is 1. The first kappa shape index (κ1) is 15.7. The number of carbonyl (C=O) groups excluding carboxylic acids is 1. The van der Waals surface area contributed by atoms with E-state index in [0.717, 1.165) is 10.4 Å². The molecular weight excluding hydrogens is 360 g/mol. The predicted octanol–water partition coefficient (Wildman–Crippen LogP) is 3.12. The lowest BCUT2D eigenvalue weighted by molar-refractivity contribution is -0.116. The van der Waals surface area contributed by atoms with Gasteiger partial charge >= 0.3 is 0 Å². The van der Waals surface area contributed by atoms with E-state index in [-0.39, 0.29) is 18.0 Å². The van der Waals surface area contributed by atoms with Crippen molar-refractivity contribution in [3.8, 4) is 10.4 Å². The van der Waals surface area contributed by atoms with Crippen LogP contribution in [0.25, 0.3) is 20.7 Å². The topological polar surface area (TPSA) is 90.0 Å². The zero-order valence-electron chi connectivity index (χ0n) is 13.1. The van der Waals surface area contributed by atoms with Crippen LogP contribution in [0.15, 0.2) is 44.6 Å². The summed E-state index contributed by atoms with van der Waals surface area (Å²) in [6.07, 6.45) is 1.40.